The van der Waals surface area contributed by atoms with Crippen molar-refractivity contribution < 1.29 is 9.59 Å². The topological polar surface area (TPSA) is 74.7 Å². The molecule has 0 spiro atoms. The second-order valence-electron chi connectivity index (χ2n) is 9.14. The minimum Gasteiger partial charge on any atom is -0.355 e. The molecule has 1 saturated heterocycles. The van der Waals surface area contributed by atoms with E-state index in [0.29, 0.717) is 13.1 Å². The third-order valence-corrected chi connectivity index (χ3v) is 6.88. The molecule has 0 bridgehead atoms. The Morgan fingerprint density at radius 1 is 0.971 bits per heavy atom. The zero-order chi connectivity index (χ0) is 23.9. The van der Waals surface area contributed by atoms with E-state index >= 15 is 0 Å². The van der Waals surface area contributed by atoms with E-state index in [1.807, 2.05) is 22.8 Å². The van der Waals surface area contributed by atoms with E-state index in [0.717, 1.165) is 45.3 Å². The van der Waals surface area contributed by atoms with Gasteiger partial charge in [0.25, 0.3) is 11.8 Å². The number of nitrogens with zero attached hydrogens (tertiary/aromatic N) is 3. The number of aromatic nitrogens is 1. The van der Waals surface area contributed by atoms with Gasteiger partial charge in [0.15, 0.2) is 0 Å². The van der Waals surface area contributed by atoms with Crippen molar-refractivity contribution in [3.8, 4) is 0 Å². The fraction of sp³-hybridized carbons (Fsp3) is 0.444. The van der Waals surface area contributed by atoms with Crippen LogP contribution in [0.3, 0.4) is 0 Å². The van der Waals surface area contributed by atoms with Crippen LogP contribution in [0, 0.1) is 0 Å². The highest BCUT2D eigenvalue weighted by atomic mass is 16.2. The molecule has 1 aliphatic heterocycles. The Kier molecular flexibility index (Phi) is 7.95. The molecular weight excluding hydrogens is 428 g/mol. The molecule has 1 N–H and O–H groups in total. The molecule has 0 unspecified atom stereocenters. The van der Waals surface area contributed by atoms with Gasteiger partial charge in [0.05, 0.1) is 0 Å². The predicted molar refractivity (Wildman–Crippen MR) is 134 cm³/mol. The summed E-state index contributed by atoms with van der Waals surface area (Å²) < 4.78 is 1.93. The molecular formula is C27H34N4O3. The minimum absolute atomic E-state index is 0.0450. The molecule has 34 heavy (non-hydrogen) atoms. The summed E-state index contributed by atoms with van der Waals surface area (Å²) in [5, 5.41) is 2.54. The molecule has 7 heteroatoms. The highest BCUT2D eigenvalue weighted by Gasteiger charge is 2.27. The van der Waals surface area contributed by atoms with Crippen molar-refractivity contribution in [2.24, 2.45) is 0 Å². The van der Waals surface area contributed by atoms with Gasteiger partial charge < -0.3 is 14.8 Å². The van der Waals surface area contributed by atoms with Gasteiger partial charge in [0, 0.05) is 58.2 Å². The summed E-state index contributed by atoms with van der Waals surface area (Å²) in [5.74, 6) is -0.723. The van der Waals surface area contributed by atoms with Gasteiger partial charge in [-0.25, -0.2) is 0 Å². The van der Waals surface area contributed by atoms with E-state index in [1.54, 1.807) is 17.3 Å². The fourth-order valence-corrected chi connectivity index (χ4v) is 4.84. The summed E-state index contributed by atoms with van der Waals surface area (Å²) in [7, 11) is 1.51. The van der Waals surface area contributed by atoms with Crippen molar-refractivity contribution >= 4 is 17.9 Å². The van der Waals surface area contributed by atoms with Crippen LogP contribution in [0.25, 0.3) is 6.08 Å². The van der Waals surface area contributed by atoms with Crippen molar-refractivity contribution in [1.82, 2.24) is 19.7 Å². The Morgan fingerprint density at radius 2 is 1.65 bits per heavy atom. The number of carbonyl (C=O) groups is 2. The molecule has 180 valence electrons. The molecule has 2 aromatic rings. The van der Waals surface area contributed by atoms with Gasteiger partial charge in [-0.15, -0.1) is 0 Å². The second kappa shape index (κ2) is 11.3. The second-order valence-corrected chi connectivity index (χ2v) is 9.14. The van der Waals surface area contributed by atoms with E-state index in [4.69, 9.17) is 0 Å². The van der Waals surface area contributed by atoms with Crippen LogP contribution >= 0.6 is 0 Å². The largest absolute Gasteiger partial charge is 0.355 e. The van der Waals surface area contributed by atoms with Crippen molar-refractivity contribution in [3.05, 3.63) is 75.7 Å². The lowest BCUT2D eigenvalue weighted by atomic mass is 9.95. The molecule has 1 saturated carbocycles. The van der Waals surface area contributed by atoms with Gasteiger partial charge in [0.2, 0.25) is 5.43 Å². The first-order valence-corrected chi connectivity index (χ1v) is 12.3. The molecule has 2 amide bonds. The summed E-state index contributed by atoms with van der Waals surface area (Å²) in [6.07, 6.45) is 13.0. The molecule has 0 radical (unpaired) electrons. The average Bonchev–Trinajstić information content (AvgIpc) is 2.89. The van der Waals surface area contributed by atoms with Crippen molar-refractivity contribution in [3.63, 3.8) is 0 Å². The number of nitrogens with one attached hydrogen (secondary N) is 1. The third-order valence-electron chi connectivity index (χ3n) is 6.88. The van der Waals surface area contributed by atoms with E-state index < -0.39 is 11.3 Å². The lowest BCUT2D eigenvalue weighted by Gasteiger charge is -2.34. The molecule has 7 nitrogen and oxygen atoms in total. The number of rotatable bonds is 6. The van der Waals surface area contributed by atoms with Crippen LogP contribution < -0.4 is 10.7 Å². The number of hydrogen-bond donors (Lipinski definition) is 1. The van der Waals surface area contributed by atoms with E-state index in [-0.39, 0.29) is 23.1 Å². The van der Waals surface area contributed by atoms with Crippen LogP contribution in [0.1, 0.15) is 64.4 Å². The van der Waals surface area contributed by atoms with Gasteiger partial charge >= 0.3 is 0 Å². The Labute approximate surface area is 201 Å². The van der Waals surface area contributed by atoms with Gasteiger partial charge in [-0.1, -0.05) is 61.7 Å². The average molecular weight is 463 g/mol. The third kappa shape index (κ3) is 5.65. The van der Waals surface area contributed by atoms with E-state index in [2.05, 4.69) is 34.5 Å². The van der Waals surface area contributed by atoms with Gasteiger partial charge in [-0.3, -0.25) is 19.3 Å². The monoisotopic (exact) mass is 462 g/mol. The predicted octanol–water partition coefficient (Wildman–Crippen LogP) is 3.18. The van der Waals surface area contributed by atoms with E-state index in [1.165, 1.54) is 19.0 Å². The summed E-state index contributed by atoms with van der Waals surface area (Å²) >= 11 is 0. The summed E-state index contributed by atoms with van der Waals surface area (Å²) in [6.45, 7) is 3.43. The van der Waals surface area contributed by atoms with E-state index in [9.17, 15) is 14.4 Å². The molecule has 2 heterocycles. The Hall–Kier alpha value is -3.19. The SMILES string of the molecule is CNC(=O)c1cn(C2CCCCC2)cc(C(=O)N2CCN(C/C=C/c3ccccc3)CC2)c1=O. The lowest BCUT2D eigenvalue weighted by molar-refractivity contribution is 0.0647. The van der Waals surface area contributed by atoms with Crippen LogP contribution in [-0.4, -0.2) is 66.0 Å². The summed E-state index contributed by atoms with van der Waals surface area (Å²) in [4.78, 5) is 42.9. The first kappa shape index (κ1) is 24.0. The lowest BCUT2D eigenvalue weighted by Crippen LogP contribution is -2.49. The number of benzene rings is 1. The number of pyridine rings is 1. The van der Waals surface area contributed by atoms with Crippen LogP contribution in [-0.2, 0) is 0 Å². The number of carbonyl (C=O) groups excluding carboxylic acids is 2. The Balaban J connectivity index is 1.45. The summed E-state index contributed by atoms with van der Waals surface area (Å²) in [6, 6.07) is 10.4. The van der Waals surface area contributed by atoms with Crippen LogP contribution in [0.2, 0.25) is 0 Å². The molecule has 2 fully saturated rings. The number of hydrogen-bond acceptors (Lipinski definition) is 4. The van der Waals surface area contributed by atoms with Crippen LogP contribution in [0.5, 0.6) is 0 Å². The van der Waals surface area contributed by atoms with Crippen molar-refractivity contribution in [1.29, 1.82) is 0 Å². The highest BCUT2D eigenvalue weighted by Crippen LogP contribution is 2.28. The number of piperazine rings is 1. The Morgan fingerprint density at radius 3 is 2.32 bits per heavy atom. The smallest absolute Gasteiger partial charge is 0.259 e. The zero-order valence-corrected chi connectivity index (χ0v) is 19.9. The maximum atomic E-state index is 13.4. The van der Waals surface area contributed by atoms with Gasteiger partial charge in [-0.2, -0.15) is 0 Å². The van der Waals surface area contributed by atoms with Gasteiger partial charge in [-0.05, 0) is 18.4 Å². The highest BCUT2D eigenvalue weighted by molar-refractivity contribution is 5.99. The van der Waals surface area contributed by atoms with Crippen LogP contribution in [0.4, 0.5) is 0 Å². The maximum absolute atomic E-state index is 13.4. The zero-order valence-electron chi connectivity index (χ0n) is 19.9. The number of amides is 2. The quantitative estimate of drug-likeness (QED) is 0.716. The fourth-order valence-electron chi connectivity index (χ4n) is 4.84. The minimum atomic E-state index is -0.482. The maximum Gasteiger partial charge on any atom is 0.259 e. The Bertz CT molecular complexity index is 1080. The molecule has 1 aromatic heterocycles. The standard InChI is InChI=1S/C27H34N4O3/c1-28-26(33)23-19-31(22-12-6-3-7-13-22)20-24(25(23)32)27(34)30-17-15-29(16-18-30)14-8-11-21-9-4-2-5-10-21/h2,4-5,8-11,19-20,22H,3,6-7,12-18H2,1H3,(H,28,33)/b11-8+. The first-order valence-electron chi connectivity index (χ1n) is 12.3. The van der Waals surface area contributed by atoms with Crippen molar-refractivity contribution in [2.45, 2.75) is 38.1 Å². The molecule has 2 aliphatic rings. The normalized spacial score (nSPS) is 17.7. The molecule has 4 rings (SSSR count). The van der Waals surface area contributed by atoms with Gasteiger partial charge in [0.1, 0.15) is 11.1 Å². The van der Waals surface area contributed by atoms with Crippen molar-refractivity contribution in [2.75, 3.05) is 39.8 Å². The molecule has 1 aliphatic carbocycles. The molecule has 1 aromatic carbocycles. The van der Waals surface area contributed by atoms with Crippen LogP contribution in [0.15, 0.2) is 53.6 Å². The molecule has 0 atom stereocenters. The first-order chi connectivity index (χ1) is 16.6. The summed E-state index contributed by atoms with van der Waals surface area (Å²) in [5.41, 5.74) is 0.832.